The lowest BCUT2D eigenvalue weighted by Gasteiger charge is -2.24. The molecule has 1 atom stereocenters. The molecule has 0 spiro atoms. The first-order chi connectivity index (χ1) is 8.42. The topological polar surface area (TPSA) is 72.9 Å². The third-order valence-corrected chi connectivity index (χ3v) is 3.08. The molecular formula is C12H25N3O3. The van der Waals surface area contributed by atoms with E-state index in [2.05, 4.69) is 24.1 Å². The van der Waals surface area contributed by atoms with Gasteiger partial charge in [-0.3, -0.25) is 4.79 Å². The number of aliphatic carboxylic acids is 1. The maximum Gasteiger partial charge on any atom is 0.323 e. The number of carboxylic acid groups (broad SMARTS) is 1. The van der Waals surface area contributed by atoms with Gasteiger partial charge >= 0.3 is 12.0 Å². The van der Waals surface area contributed by atoms with Crippen molar-refractivity contribution in [3.05, 3.63) is 0 Å². The van der Waals surface area contributed by atoms with Crippen molar-refractivity contribution < 1.29 is 14.7 Å². The van der Waals surface area contributed by atoms with E-state index < -0.39 is 5.97 Å². The number of urea groups is 1. The number of amides is 2. The number of likely N-dealkylation sites (N-methyl/N-ethyl adjacent to an activating group) is 2. The fourth-order valence-electron chi connectivity index (χ4n) is 1.47. The predicted molar refractivity (Wildman–Crippen MR) is 70.7 cm³/mol. The molecule has 0 rings (SSSR count). The van der Waals surface area contributed by atoms with Gasteiger partial charge in [-0.15, -0.1) is 0 Å². The quantitative estimate of drug-likeness (QED) is 0.677. The first kappa shape index (κ1) is 16.7. The largest absolute Gasteiger partial charge is 0.480 e. The highest BCUT2D eigenvalue weighted by molar-refractivity contribution is 5.79. The Labute approximate surface area is 109 Å². The second-order valence-corrected chi connectivity index (χ2v) is 4.38. The Balaban J connectivity index is 3.97. The van der Waals surface area contributed by atoms with Crippen LogP contribution in [0, 0.1) is 0 Å². The van der Waals surface area contributed by atoms with Gasteiger partial charge in [0, 0.05) is 25.7 Å². The molecule has 0 saturated carbocycles. The summed E-state index contributed by atoms with van der Waals surface area (Å²) >= 11 is 0. The number of hydrogen-bond donors (Lipinski definition) is 2. The van der Waals surface area contributed by atoms with Gasteiger partial charge in [-0.2, -0.15) is 0 Å². The van der Waals surface area contributed by atoms with Crippen molar-refractivity contribution in [2.45, 2.75) is 33.2 Å². The zero-order valence-corrected chi connectivity index (χ0v) is 11.8. The van der Waals surface area contributed by atoms with Crippen LogP contribution in [0.4, 0.5) is 4.79 Å². The molecule has 0 bridgehead atoms. The number of carboxylic acids is 1. The minimum absolute atomic E-state index is 0.260. The van der Waals surface area contributed by atoms with E-state index in [1.165, 1.54) is 4.90 Å². The van der Waals surface area contributed by atoms with Crippen molar-refractivity contribution in [3.8, 4) is 0 Å². The Kier molecular flexibility index (Phi) is 8.11. The van der Waals surface area contributed by atoms with Crippen molar-refractivity contribution >= 4 is 12.0 Å². The van der Waals surface area contributed by atoms with Crippen LogP contribution >= 0.6 is 0 Å². The number of carbonyl (C=O) groups is 2. The second-order valence-electron chi connectivity index (χ2n) is 4.38. The van der Waals surface area contributed by atoms with E-state index in [9.17, 15) is 9.59 Å². The summed E-state index contributed by atoms with van der Waals surface area (Å²) in [7, 11) is 2.01. The molecule has 0 aliphatic carbocycles. The Hall–Kier alpha value is -1.30. The van der Waals surface area contributed by atoms with Gasteiger partial charge < -0.3 is 20.2 Å². The van der Waals surface area contributed by atoms with Gasteiger partial charge in [-0.25, -0.2) is 4.79 Å². The summed E-state index contributed by atoms with van der Waals surface area (Å²) < 4.78 is 0. The third-order valence-electron chi connectivity index (χ3n) is 3.08. The molecule has 18 heavy (non-hydrogen) atoms. The Morgan fingerprint density at radius 1 is 1.33 bits per heavy atom. The first-order valence-corrected chi connectivity index (χ1v) is 6.37. The molecule has 1 unspecified atom stereocenters. The van der Waals surface area contributed by atoms with Crippen LogP contribution in [-0.2, 0) is 4.79 Å². The Morgan fingerprint density at radius 3 is 2.39 bits per heavy atom. The van der Waals surface area contributed by atoms with E-state index in [1.54, 1.807) is 6.92 Å². The van der Waals surface area contributed by atoms with Crippen LogP contribution < -0.4 is 5.32 Å². The van der Waals surface area contributed by atoms with Gasteiger partial charge in [0.05, 0.1) is 0 Å². The van der Waals surface area contributed by atoms with Crippen LogP contribution in [-0.4, -0.2) is 66.2 Å². The van der Waals surface area contributed by atoms with Gasteiger partial charge in [-0.1, -0.05) is 6.92 Å². The molecule has 0 fully saturated rings. The van der Waals surface area contributed by atoms with Gasteiger partial charge in [0.25, 0.3) is 0 Å². The minimum Gasteiger partial charge on any atom is -0.480 e. The third kappa shape index (κ3) is 6.44. The average molecular weight is 259 g/mol. The number of rotatable bonds is 8. The van der Waals surface area contributed by atoms with Gasteiger partial charge in [0.2, 0.25) is 0 Å². The molecule has 0 aliphatic rings. The van der Waals surface area contributed by atoms with Crippen LogP contribution in [0.2, 0.25) is 0 Å². The van der Waals surface area contributed by atoms with Crippen LogP contribution in [0.1, 0.15) is 27.2 Å². The van der Waals surface area contributed by atoms with Crippen molar-refractivity contribution in [2.24, 2.45) is 0 Å². The minimum atomic E-state index is -0.997. The molecule has 0 aromatic rings. The van der Waals surface area contributed by atoms with E-state index in [0.717, 1.165) is 13.0 Å². The second kappa shape index (κ2) is 8.74. The van der Waals surface area contributed by atoms with E-state index >= 15 is 0 Å². The smallest absolute Gasteiger partial charge is 0.323 e. The normalized spacial score (nSPS) is 12.3. The molecular weight excluding hydrogens is 234 g/mol. The lowest BCUT2D eigenvalue weighted by molar-refractivity contribution is -0.137. The predicted octanol–water partition coefficient (Wildman–Crippen LogP) is 0.833. The number of nitrogens with one attached hydrogen (secondary N) is 1. The highest BCUT2D eigenvalue weighted by Gasteiger charge is 2.14. The molecule has 2 amide bonds. The lowest BCUT2D eigenvalue weighted by Crippen LogP contribution is -2.45. The van der Waals surface area contributed by atoms with Gasteiger partial charge in [0.15, 0.2) is 0 Å². The summed E-state index contributed by atoms with van der Waals surface area (Å²) in [5.41, 5.74) is 0. The van der Waals surface area contributed by atoms with Crippen LogP contribution in [0.15, 0.2) is 0 Å². The summed E-state index contributed by atoms with van der Waals surface area (Å²) in [5.74, 6) is -0.997. The summed E-state index contributed by atoms with van der Waals surface area (Å²) in [5, 5.41) is 11.4. The molecule has 0 aromatic heterocycles. The number of nitrogens with zero attached hydrogens (tertiary/aromatic N) is 2. The van der Waals surface area contributed by atoms with Crippen molar-refractivity contribution in [1.82, 2.24) is 15.1 Å². The molecule has 0 saturated heterocycles. The Morgan fingerprint density at radius 2 is 1.94 bits per heavy atom. The zero-order chi connectivity index (χ0) is 14.1. The van der Waals surface area contributed by atoms with Crippen LogP contribution in [0.5, 0.6) is 0 Å². The molecule has 0 aromatic carbocycles. The Bertz CT molecular complexity index is 271. The molecule has 6 heteroatoms. The fraction of sp³-hybridized carbons (Fsp3) is 0.833. The standard InChI is InChI=1S/C12H25N3O3/c1-5-10(3)14(4)8-7-13-12(18)15(6-2)9-11(16)17/h10H,5-9H2,1-4H3,(H,13,18)(H,16,17). The summed E-state index contributed by atoms with van der Waals surface area (Å²) in [6.07, 6.45) is 1.06. The first-order valence-electron chi connectivity index (χ1n) is 6.37. The molecule has 2 N–H and O–H groups in total. The van der Waals surface area contributed by atoms with E-state index in [4.69, 9.17) is 5.11 Å². The molecule has 6 nitrogen and oxygen atoms in total. The average Bonchev–Trinajstić information content (AvgIpc) is 2.34. The summed E-state index contributed by atoms with van der Waals surface area (Å²) in [6.45, 7) is 7.41. The van der Waals surface area contributed by atoms with Crippen molar-refractivity contribution in [1.29, 1.82) is 0 Å². The van der Waals surface area contributed by atoms with Crippen LogP contribution in [0.25, 0.3) is 0 Å². The monoisotopic (exact) mass is 259 g/mol. The molecule has 106 valence electrons. The molecule has 0 heterocycles. The summed E-state index contributed by atoms with van der Waals surface area (Å²) in [4.78, 5) is 25.6. The highest BCUT2D eigenvalue weighted by atomic mass is 16.4. The maximum absolute atomic E-state index is 11.7. The van der Waals surface area contributed by atoms with Crippen molar-refractivity contribution in [3.63, 3.8) is 0 Å². The SMILES string of the molecule is CCC(C)N(C)CCNC(=O)N(CC)CC(=O)O. The maximum atomic E-state index is 11.7. The molecule has 0 aliphatic heterocycles. The van der Waals surface area contributed by atoms with Crippen molar-refractivity contribution in [2.75, 3.05) is 33.2 Å². The van der Waals surface area contributed by atoms with Crippen LogP contribution in [0.3, 0.4) is 0 Å². The fourth-order valence-corrected chi connectivity index (χ4v) is 1.47. The number of hydrogen-bond acceptors (Lipinski definition) is 3. The zero-order valence-electron chi connectivity index (χ0n) is 11.8. The molecule has 0 radical (unpaired) electrons. The lowest BCUT2D eigenvalue weighted by atomic mass is 10.2. The summed E-state index contributed by atoms with van der Waals surface area (Å²) in [6, 6.07) is 0.153. The van der Waals surface area contributed by atoms with E-state index in [1.807, 2.05) is 7.05 Å². The van der Waals surface area contributed by atoms with E-state index in [-0.39, 0.29) is 12.6 Å². The number of carbonyl (C=O) groups excluding carboxylic acids is 1. The van der Waals surface area contributed by atoms with Gasteiger partial charge in [0.1, 0.15) is 6.54 Å². The highest BCUT2D eigenvalue weighted by Crippen LogP contribution is 1.98. The van der Waals surface area contributed by atoms with E-state index in [0.29, 0.717) is 19.1 Å². The van der Waals surface area contributed by atoms with Gasteiger partial charge in [-0.05, 0) is 27.3 Å².